The van der Waals surface area contributed by atoms with Gasteiger partial charge in [0.05, 0.1) is 4.47 Å². The molecule has 0 fully saturated rings. The lowest BCUT2D eigenvalue weighted by Crippen LogP contribution is -2.29. The zero-order chi connectivity index (χ0) is 11.3. The Balaban J connectivity index is 2.69. The number of hydrogen-bond acceptors (Lipinski definition) is 3. The second-order valence-electron chi connectivity index (χ2n) is 3.75. The minimum atomic E-state index is 0.678. The highest BCUT2D eigenvalue weighted by atomic mass is 79.9. The van der Waals surface area contributed by atoms with Gasteiger partial charge in [0.1, 0.15) is 0 Å². The summed E-state index contributed by atoms with van der Waals surface area (Å²) in [5.74, 6) is 1.50. The molecule has 1 atom stereocenters. The first-order valence-electron chi connectivity index (χ1n) is 5.39. The third-order valence-electron chi connectivity index (χ3n) is 2.50. The molecule has 1 aromatic heterocycles. The normalized spacial score (nSPS) is 12.5. The molecule has 84 valence electrons. The summed E-state index contributed by atoms with van der Waals surface area (Å²) in [6.45, 7) is 8.57. The van der Waals surface area contributed by atoms with Crippen LogP contribution in [-0.2, 0) is 0 Å². The molecule has 0 aliphatic carbocycles. The van der Waals surface area contributed by atoms with Gasteiger partial charge in [-0.25, -0.2) is 9.97 Å². The Hall–Kier alpha value is -0.640. The van der Waals surface area contributed by atoms with Crippen molar-refractivity contribution in [1.29, 1.82) is 0 Å². The van der Waals surface area contributed by atoms with Crippen LogP contribution in [0.1, 0.15) is 27.2 Å². The summed E-state index contributed by atoms with van der Waals surface area (Å²) in [6, 6.07) is 0. The molecule has 1 aromatic rings. The van der Waals surface area contributed by atoms with Crippen LogP contribution < -0.4 is 4.90 Å². The first-order chi connectivity index (χ1) is 7.17. The molecule has 1 heterocycles. The van der Waals surface area contributed by atoms with Crippen molar-refractivity contribution in [2.45, 2.75) is 27.2 Å². The predicted molar refractivity (Wildman–Crippen MR) is 67.1 cm³/mol. The van der Waals surface area contributed by atoms with Crippen molar-refractivity contribution in [2.75, 3.05) is 18.0 Å². The van der Waals surface area contributed by atoms with Gasteiger partial charge in [-0.15, -0.1) is 0 Å². The van der Waals surface area contributed by atoms with Crippen LogP contribution in [-0.4, -0.2) is 23.1 Å². The van der Waals surface area contributed by atoms with E-state index in [9.17, 15) is 0 Å². The van der Waals surface area contributed by atoms with Crippen molar-refractivity contribution >= 4 is 21.9 Å². The second kappa shape index (κ2) is 6.05. The predicted octanol–water partition coefficient (Wildman–Crippen LogP) is 3.11. The molecule has 3 nitrogen and oxygen atoms in total. The highest BCUT2D eigenvalue weighted by Crippen LogP contribution is 2.13. The van der Waals surface area contributed by atoms with Crippen LogP contribution in [0.25, 0.3) is 0 Å². The van der Waals surface area contributed by atoms with E-state index < -0.39 is 0 Å². The molecule has 0 N–H and O–H groups in total. The van der Waals surface area contributed by atoms with E-state index in [0.717, 1.165) is 23.5 Å². The highest BCUT2D eigenvalue weighted by Gasteiger charge is 2.10. The summed E-state index contributed by atoms with van der Waals surface area (Å²) in [5, 5.41) is 0. The largest absolute Gasteiger partial charge is 0.341 e. The minimum Gasteiger partial charge on any atom is -0.341 e. The molecule has 0 radical (unpaired) electrons. The van der Waals surface area contributed by atoms with Gasteiger partial charge in [-0.1, -0.05) is 20.3 Å². The van der Waals surface area contributed by atoms with Crippen molar-refractivity contribution in [3.05, 3.63) is 16.9 Å². The molecular formula is C11H18BrN3. The third kappa shape index (κ3) is 3.78. The quantitative estimate of drug-likeness (QED) is 0.824. The molecule has 0 aliphatic rings. The Morgan fingerprint density at radius 2 is 1.93 bits per heavy atom. The topological polar surface area (TPSA) is 29.0 Å². The Bertz CT molecular complexity index is 286. The average molecular weight is 272 g/mol. The minimum absolute atomic E-state index is 0.678. The highest BCUT2D eigenvalue weighted by molar-refractivity contribution is 9.10. The van der Waals surface area contributed by atoms with Crippen LogP contribution in [0, 0.1) is 5.92 Å². The van der Waals surface area contributed by atoms with E-state index in [1.807, 2.05) is 0 Å². The van der Waals surface area contributed by atoms with Crippen molar-refractivity contribution in [1.82, 2.24) is 9.97 Å². The lowest BCUT2D eigenvalue weighted by atomic mass is 10.1. The number of aromatic nitrogens is 2. The van der Waals surface area contributed by atoms with Crippen molar-refractivity contribution in [2.24, 2.45) is 5.92 Å². The number of rotatable bonds is 5. The third-order valence-corrected chi connectivity index (χ3v) is 2.91. The lowest BCUT2D eigenvalue weighted by Gasteiger charge is -2.23. The first-order valence-corrected chi connectivity index (χ1v) is 6.19. The maximum Gasteiger partial charge on any atom is 0.225 e. The number of anilines is 1. The standard InChI is InChI=1S/C11H18BrN3/c1-4-9(3)8-15(5-2)11-13-6-10(12)7-14-11/h6-7,9H,4-5,8H2,1-3H3. The molecule has 0 bridgehead atoms. The second-order valence-corrected chi connectivity index (χ2v) is 4.67. The summed E-state index contributed by atoms with van der Waals surface area (Å²) >= 11 is 3.34. The fraction of sp³-hybridized carbons (Fsp3) is 0.636. The van der Waals surface area contributed by atoms with Gasteiger partial charge in [-0.05, 0) is 28.8 Å². The van der Waals surface area contributed by atoms with Gasteiger partial charge in [-0.3, -0.25) is 0 Å². The molecule has 1 unspecified atom stereocenters. The monoisotopic (exact) mass is 271 g/mol. The Morgan fingerprint density at radius 3 is 2.40 bits per heavy atom. The fourth-order valence-corrected chi connectivity index (χ4v) is 1.53. The molecule has 4 heteroatoms. The van der Waals surface area contributed by atoms with Crippen LogP contribution in [0.3, 0.4) is 0 Å². The van der Waals surface area contributed by atoms with Crippen LogP contribution >= 0.6 is 15.9 Å². The van der Waals surface area contributed by atoms with E-state index >= 15 is 0 Å². The zero-order valence-electron chi connectivity index (χ0n) is 9.57. The van der Waals surface area contributed by atoms with E-state index in [4.69, 9.17) is 0 Å². The zero-order valence-corrected chi connectivity index (χ0v) is 11.2. The molecule has 0 saturated carbocycles. The molecule has 0 saturated heterocycles. The number of hydrogen-bond donors (Lipinski definition) is 0. The van der Waals surface area contributed by atoms with Gasteiger partial charge < -0.3 is 4.90 Å². The van der Waals surface area contributed by atoms with E-state index in [-0.39, 0.29) is 0 Å². The summed E-state index contributed by atoms with van der Waals surface area (Å²) < 4.78 is 0.922. The van der Waals surface area contributed by atoms with E-state index in [0.29, 0.717) is 5.92 Å². The Kier molecular flexibility index (Phi) is 5.02. The molecule has 0 aliphatic heterocycles. The molecule has 0 spiro atoms. The molecular weight excluding hydrogens is 254 g/mol. The maximum atomic E-state index is 4.30. The van der Waals surface area contributed by atoms with E-state index in [1.165, 1.54) is 6.42 Å². The van der Waals surface area contributed by atoms with Crippen molar-refractivity contribution in [3.8, 4) is 0 Å². The summed E-state index contributed by atoms with van der Waals surface area (Å²) in [4.78, 5) is 10.8. The van der Waals surface area contributed by atoms with Crippen molar-refractivity contribution in [3.63, 3.8) is 0 Å². The van der Waals surface area contributed by atoms with E-state index in [1.54, 1.807) is 12.4 Å². The fourth-order valence-electron chi connectivity index (χ4n) is 1.33. The lowest BCUT2D eigenvalue weighted by molar-refractivity contribution is 0.542. The summed E-state index contributed by atoms with van der Waals surface area (Å²) in [7, 11) is 0. The number of nitrogens with zero attached hydrogens (tertiary/aromatic N) is 3. The molecule has 1 rings (SSSR count). The maximum absolute atomic E-state index is 4.30. The SMILES string of the molecule is CCC(C)CN(CC)c1ncc(Br)cn1. The number of halogens is 1. The molecule has 15 heavy (non-hydrogen) atoms. The summed E-state index contributed by atoms with van der Waals surface area (Å²) in [6.07, 6.45) is 4.77. The van der Waals surface area contributed by atoms with Crippen LogP contribution in [0.2, 0.25) is 0 Å². The van der Waals surface area contributed by atoms with Gasteiger partial charge in [0.15, 0.2) is 0 Å². The van der Waals surface area contributed by atoms with Crippen LogP contribution in [0.15, 0.2) is 16.9 Å². The molecule has 0 aromatic carbocycles. The Morgan fingerprint density at radius 1 is 1.33 bits per heavy atom. The average Bonchev–Trinajstić information content (AvgIpc) is 2.27. The first kappa shape index (κ1) is 12.4. The Labute approximate surface area is 100 Å². The van der Waals surface area contributed by atoms with E-state index in [2.05, 4.69) is 51.6 Å². The summed E-state index contributed by atoms with van der Waals surface area (Å²) in [5.41, 5.74) is 0. The smallest absolute Gasteiger partial charge is 0.225 e. The molecule has 0 amide bonds. The van der Waals surface area contributed by atoms with Gasteiger partial charge in [-0.2, -0.15) is 0 Å². The van der Waals surface area contributed by atoms with Crippen LogP contribution in [0.5, 0.6) is 0 Å². The van der Waals surface area contributed by atoms with Gasteiger partial charge in [0.2, 0.25) is 5.95 Å². The van der Waals surface area contributed by atoms with Gasteiger partial charge >= 0.3 is 0 Å². The van der Waals surface area contributed by atoms with Gasteiger partial charge in [0, 0.05) is 25.5 Å². The van der Waals surface area contributed by atoms with Crippen molar-refractivity contribution < 1.29 is 0 Å². The van der Waals surface area contributed by atoms with Crippen LogP contribution in [0.4, 0.5) is 5.95 Å². The van der Waals surface area contributed by atoms with Gasteiger partial charge in [0.25, 0.3) is 0 Å².